The van der Waals surface area contributed by atoms with Gasteiger partial charge < -0.3 is 33.2 Å². The van der Waals surface area contributed by atoms with Gasteiger partial charge in [0.2, 0.25) is 0 Å². The zero-order chi connectivity index (χ0) is 14.5. The summed E-state index contributed by atoms with van der Waals surface area (Å²) in [5, 5.41) is -0.0565. The third-order valence-corrected chi connectivity index (χ3v) is 3.40. The summed E-state index contributed by atoms with van der Waals surface area (Å²) < 4.78 is 6.05. The number of esters is 1. The summed E-state index contributed by atoms with van der Waals surface area (Å²) in [5.74, 6) is -0.282. The van der Waals surface area contributed by atoms with Gasteiger partial charge >= 0.3 is 5.97 Å². The predicted octanol–water partition coefficient (Wildman–Crippen LogP) is 0.244. The Labute approximate surface area is 143 Å². The summed E-state index contributed by atoms with van der Waals surface area (Å²) in [4.78, 5) is 11.9. The number of likely N-dealkylation sites (N-methyl/N-ethyl adjacent to an activating group) is 1. The standard InChI is InChI=1S/C15H23ClNO2.HI/c1-5-14(16)12-7-6-8-13(11-12)15(18)19-10-9-17(2,3)4;/h6-8,11,14H,5,9-10H2,1-4H3;1H/q+1;/p-1. The molecule has 3 nitrogen and oxygen atoms in total. The van der Waals surface area contributed by atoms with E-state index in [1.807, 2.05) is 25.1 Å². The number of nitrogens with zero attached hydrogens (tertiary/aromatic N) is 1. The zero-order valence-electron chi connectivity index (χ0n) is 12.5. The normalized spacial score (nSPS) is 12.4. The maximum atomic E-state index is 11.9. The minimum absolute atomic E-state index is 0. The molecule has 0 saturated heterocycles. The van der Waals surface area contributed by atoms with E-state index in [1.54, 1.807) is 6.07 Å². The van der Waals surface area contributed by atoms with Crippen LogP contribution in [-0.2, 0) is 4.74 Å². The van der Waals surface area contributed by atoms with E-state index in [0.29, 0.717) is 12.2 Å². The number of hydrogen-bond acceptors (Lipinski definition) is 2. The van der Waals surface area contributed by atoms with Crippen LogP contribution in [0.1, 0.15) is 34.6 Å². The van der Waals surface area contributed by atoms with Gasteiger partial charge in [0, 0.05) is 0 Å². The van der Waals surface area contributed by atoms with Crippen LogP contribution in [-0.4, -0.2) is 44.7 Å². The molecule has 114 valence electrons. The molecule has 20 heavy (non-hydrogen) atoms. The SMILES string of the molecule is CCC(Cl)c1cccc(C(=O)OCC[N+](C)(C)C)c1.[I-]. The molecule has 1 atom stereocenters. The molecule has 0 amide bonds. The lowest BCUT2D eigenvalue weighted by molar-refractivity contribution is -0.870. The van der Waals surface area contributed by atoms with Gasteiger partial charge in [-0.05, 0) is 24.1 Å². The minimum atomic E-state index is -0.282. The third-order valence-electron chi connectivity index (χ3n) is 2.84. The van der Waals surface area contributed by atoms with Crippen LogP contribution >= 0.6 is 11.6 Å². The van der Waals surface area contributed by atoms with Gasteiger partial charge in [0.15, 0.2) is 0 Å². The van der Waals surface area contributed by atoms with E-state index in [-0.39, 0.29) is 35.3 Å². The zero-order valence-corrected chi connectivity index (χ0v) is 15.4. The highest BCUT2D eigenvalue weighted by atomic mass is 127. The van der Waals surface area contributed by atoms with Crippen LogP contribution in [0.15, 0.2) is 24.3 Å². The minimum Gasteiger partial charge on any atom is -1.00 e. The van der Waals surface area contributed by atoms with E-state index in [1.165, 1.54) is 0 Å². The Morgan fingerprint density at radius 1 is 1.35 bits per heavy atom. The van der Waals surface area contributed by atoms with Crippen molar-refractivity contribution in [3.8, 4) is 0 Å². The molecule has 1 unspecified atom stereocenters. The smallest absolute Gasteiger partial charge is 0.338 e. The van der Waals surface area contributed by atoms with E-state index in [0.717, 1.165) is 23.0 Å². The molecular weight excluding hydrogens is 389 g/mol. The van der Waals surface area contributed by atoms with Crippen molar-refractivity contribution in [1.82, 2.24) is 0 Å². The number of quaternary nitrogens is 1. The molecule has 0 aromatic heterocycles. The van der Waals surface area contributed by atoms with Crippen molar-refractivity contribution < 1.29 is 38.0 Å². The number of ether oxygens (including phenoxy) is 1. The first-order valence-electron chi connectivity index (χ1n) is 6.55. The van der Waals surface area contributed by atoms with Crippen molar-refractivity contribution >= 4 is 17.6 Å². The fourth-order valence-corrected chi connectivity index (χ4v) is 1.73. The van der Waals surface area contributed by atoms with Crippen molar-refractivity contribution in [2.24, 2.45) is 0 Å². The molecule has 0 aliphatic carbocycles. The van der Waals surface area contributed by atoms with Gasteiger partial charge in [0.25, 0.3) is 0 Å². The lowest BCUT2D eigenvalue weighted by atomic mass is 10.1. The van der Waals surface area contributed by atoms with Gasteiger partial charge in [-0.25, -0.2) is 4.79 Å². The lowest BCUT2D eigenvalue weighted by Gasteiger charge is -2.23. The van der Waals surface area contributed by atoms with Crippen LogP contribution < -0.4 is 24.0 Å². The molecular formula is C15H23ClINO2. The van der Waals surface area contributed by atoms with Gasteiger partial charge in [-0.15, -0.1) is 11.6 Å². The quantitative estimate of drug-likeness (QED) is 0.290. The highest BCUT2D eigenvalue weighted by molar-refractivity contribution is 6.20. The van der Waals surface area contributed by atoms with Gasteiger partial charge in [-0.1, -0.05) is 19.1 Å². The summed E-state index contributed by atoms with van der Waals surface area (Å²) in [6.45, 7) is 3.23. The molecule has 5 heteroatoms. The number of halogens is 2. The summed E-state index contributed by atoms with van der Waals surface area (Å²) in [7, 11) is 6.19. The van der Waals surface area contributed by atoms with Crippen molar-refractivity contribution in [3.63, 3.8) is 0 Å². The summed E-state index contributed by atoms with van der Waals surface area (Å²) in [6.07, 6.45) is 0.835. The van der Waals surface area contributed by atoms with Crippen LogP contribution in [0.3, 0.4) is 0 Å². The topological polar surface area (TPSA) is 26.3 Å². The van der Waals surface area contributed by atoms with Crippen molar-refractivity contribution in [2.75, 3.05) is 34.3 Å². The Morgan fingerprint density at radius 2 is 2.00 bits per heavy atom. The molecule has 0 aliphatic rings. The van der Waals surface area contributed by atoms with Crippen molar-refractivity contribution in [2.45, 2.75) is 18.7 Å². The molecule has 0 heterocycles. The van der Waals surface area contributed by atoms with Crippen LogP contribution in [0.5, 0.6) is 0 Å². The monoisotopic (exact) mass is 411 g/mol. The van der Waals surface area contributed by atoms with Crippen LogP contribution in [0.2, 0.25) is 0 Å². The van der Waals surface area contributed by atoms with E-state index in [4.69, 9.17) is 16.3 Å². The Kier molecular flexibility index (Phi) is 8.70. The molecule has 0 aliphatic heterocycles. The van der Waals surface area contributed by atoms with Crippen molar-refractivity contribution in [3.05, 3.63) is 35.4 Å². The molecule has 1 rings (SSSR count). The van der Waals surface area contributed by atoms with E-state index < -0.39 is 0 Å². The maximum Gasteiger partial charge on any atom is 0.338 e. The fraction of sp³-hybridized carbons (Fsp3) is 0.533. The molecule has 1 aromatic carbocycles. The number of carbonyl (C=O) groups is 1. The molecule has 0 spiro atoms. The Morgan fingerprint density at radius 3 is 2.55 bits per heavy atom. The Balaban J connectivity index is 0.00000361. The maximum absolute atomic E-state index is 11.9. The van der Waals surface area contributed by atoms with Gasteiger partial charge in [0.05, 0.1) is 32.1 Å². The number of rotatable bonds is 6. The summed E-state index contributed by atoms with van der Waals surface area (Å²) in [6, 6.07) is 7.35. The summed E-state index contributed by atoms with van der Waals surface area (Å²) >= 11 is 6.18. The second-order valence-corrected chi connectivity index (χ2v) is 6.18. The fourth-order valence-electron chi connectivity index (χ4n) is 1.59. The molecule has 0 N–H and O–H groups in total. The summed E-state index contributed by atoms with van der Waals surface area (Å²) in [5.41, 5.74) is 1.53. The van der Waals surface area contributed by atoms with Crippen molar-refractivity contribution in [1.29, 1.82) is 0 Å². The van der Waals surface area contributed by atoms with Crippen LogP contribution in [0.25, 0.3) is 0 Å². The second kappa shape index (κ2) is 8.85. The number of carbonyl (C=O) groups excluding carboxylic acids is 1. The lowest BCUT2D eigenvalue weighted by Crippen LogP contribution is -3.00. The first-order valence-corrected chi connectivity index (χ1v) is 6.98. The highest BCUT2D eigenvalue weighted by Crippen LogP contribution is 2.24. The van der Waals surface area contributed by atoms with Gasteiger partial charge in [-0.3, -0.25) is 0 Å². The third kappa shape index (κ3) is 6.90. The first-order chi connectivity index (χ1) is 8.83. The number of alkyl halides is 1. The molecule has 0 bridgehead atoms. The van der Waals surface area contributed by atoms with E-state index in [2.05, 4.69) is 21.1 Å². The van der Waals surface area contributed by atoms with Crippen LogP contribution in [0.4, 0.5) is 0 Å². The van der Waals surface area contributed by atoms with Crippen LogP contribution in [0, 0.1) is 0 Å². The molecule has 0 fully saturated rings. The molecule has 1 aromatic rings. The number of hydrogen-bond donors (Lipinski definition) is 0. The highest BCUT2D eigenvalue weighted by Gasteiger charge is 2.13. The van der Waals surface area contributed by atoms with Gasteiger partial charge in [0.1, 0.15) is 13.2 Å². The van der Waals surface area contributed by atoms with E-state index in [9.17, 15) is 4.79 Å². The molecule has 0 saturated carbocycles. The average molecular weight is 412 g/mol. The average Bonchev–Trinajstić information content (AvgIpc) is 2.36. The predicted molar refractivity (Wildman–Crippen MR) is 78.5 cm³/mol. The van der Waals surface area contributed by atoms with E-state index >= 15 is 0 Å². The number of benzene rings is 1. The Hall–Kier alpha value is -0.330. The second-order valence-electron chi connectivity index (χ2n) is 5.65. The first kappa shape index (κ1) is 19.7. The Bertz CT molecular complexity index is 432. The molecule has 0 radical (unpaired) electrons. The largest absolute Gasteiger partial charge is 1.00 e. The van der Waals surface area contributed by atoms with Gasteiger partial charge in [-0.2, -0.15) is 0 Å².